The molecular formula is C18H14Cl2N4O2. The van der Waals surface area contributed by atoms with Crippen LogP contribution in [0.25, 0.3) is 0 Å². The molecule has 0 fully saturated rings. The third-order valence-corrected chi connectivity index (χ3v) is 4.17. The molecule has 0 bridgehead atoms. The molecule has 2 N–H and O–H groups in total. The number of methoxy groups -OCH3 is 1. The van der Waals surface area contributed by atoms with Crippen LogP contribution in [-0.2, 0) is 0 Å². The average Bonchev–Trinajstić information content (AvgIpc) is 2.66. The molecule has 1 heterocycles. The van der Waals surface area contributed by atoms with Gasteiger partial charge in [0.15, 0.2) is 0 Å². The molecule has 0 atom stereocenters. The fourth-order valence-corrected chi connectivity index (χ4v) is 2.46. The number of rotatable bonds is 5. The lowest BCUT2D eigenvalue weighted by Gasteiger charge is -2.10. The van der Waals surface area contributed by atoms with E-state index in [0.29, 0.717) is 27.3 Å². The Morgan fingerprint density at radius 2 is 1.85 bits per heavy atom. The zero-order valence-electron chi connectivity index (χ0n) is 13.7. The van der Waals surface area contributed by atoms with E-state index in [4.69, 9.17) is 27.9 Å². The zero-order valence-corrected chi connectivity index (χ0v) is 15.2. The Kier molecular flexibility index (Phi) is 5.55. The van der Waals surface area contributed by atoms with Gasteiger partial charge in [0.1, 0.15) is 17.3 Å². The van der Waals surface area contributed by atoms with Gasteiger partial charge < -0.3 is 15.4 Å². The van der Waals surface area contributed by atoms with E-state index in [0.717, 1.165) is 5.69 Å². The zero-order chi connectivity index (χ0) is 18.5. The number of nitrogens with one attached hydrogen (secondary N) is 2. The molecule has 0 saturated heterocycles. The maximum atomic E-state index is 12.3. The second-order valence-electron chi connectivity index (χ2n) is 5.20. The van der Waals surface area contributed by atoms with Gasteiger partial charge in [-0.1, -0.05) is 35.3 Å². The van der Waals surface area contributed by atoms with Gasteiger partial charge in [0.25, 0.3) is 5.91 Å². The number of carbonyl (C=O) groups excluding carboxylic acids is 1. The normalized spacial score (nSPS) is 10.3. The van der Waals surface area contributed by atoms with E-state index < -0.39 is 5.91 Å². The maximum Gasteiger partial charge on any atom is 0.275 e. The lowest BCUT2D eigenvalue weighted by Crippen LogP contribution is -2.14. The maximum absolute atomic E-state index is 12.3. The molecular weight excluding hydrogens is 375 g/mol. The highest BCUT2D eigenvalue weighted by Crippen LogP contribution is 2.26. The van der Waals surface area contributed by atoms with Crippen molar-refractivity contribution in [1.82, 2.24) is 9.97 Å². The van der Waals surface area contributed by atoms with Gasteiger partial charge >= 0.3 is 0 Å². The van der Waals surface area contributed by atoms with Crippen molar-refractivity contribution in [3.63, 3.8) is 0 Å². The molecule has 0 spiro atoms. The van der Waals surface area contributed by atoms with Gasteiger partial charge in [-0.15, -0.1) is 0 Å². The quantitative estimate of drug-likeness (QED) is 0.656. The summed E-state index contributed by atoms with van der Waals surface area (Å²) in [5.74, 6) is 0.760. The van der Waals surface area contributed by atoms with Gasteiger partial charge in [-0.2, -0.15) is 0 Å². The fraction of sp³-hybridized carbons (Fsp3) is 0.0556. The number of ether oxygens (including phenoxy) is 1. The van der Waals surface area contributed by atoms with Crippen molar-refractivity contribution in [3.05, 3.63) is 70.6 Å². The summed E-state index contributed by atoms with van der Waals surface area (Å²) in [5, 5.41) is 6.55. The highest BCUT2D eigenvalue weighted by atomic mass is 35.5. The van der Waals surface area contributed by atoms with Crippen molar-refractivity contribution in [3.8, 4) is 5.75 Å². The van der Waals surface area contributed by atoms with E-state index in [-0.39, 0.29) is 5.69 Å². The molecule has 2 aromatic carbocycles. The summed E-state index contributed by atoms with van der Waals surface area (Å²) < 4.78 is 5.27. The Hall–Kier alpha value is -2.83. The molecule has 0 aliphatic carbocycles. The van der Waals surface area contributed by atoms with Crippen molar-refractivity contribution in [2.75, 3.05) is 17.7 Å². The molecule has 0 saturated carbocycles. The van der Waals surface area contributed by atoms with Crippen LogP contribution in [0, 0.1) is 0 Å². The standard InChI is InChI=1S/C18H14Cl2N4O2/c1-26-16-5-3-2-4-14(16)24-17-10-21-15(9-22-17)18(25)23-11-6-7-12(19)13(20)8-11/h2-10H,1H3,(H,22,24)(H,23,25). The molecule has 6 nitrogen and oxygen atoms in total. The number of carbonyl (C=O) groups is 1. The molecule has 1 amide bonds. The highest BCUT2D eigenvalue weighted by Gasteiger charge is 2.10. The number of halogens is 2. The molecule has 0 radical (unpaired) electrons. The van der Waals surface area contributed by atoms with Gasteiger partial charge in [-0.25, -0.2) is 9.97 Å². The number of benzene rings is 2. The number of aromatic nitrogens is 2. The molecule has 3 rings (SSSR count). The first-order chi connectivity index (χ1) is 12.6. The molecule has 3 aromatic rings. The van der Waals surface area contributed by atoms with Crippen LogP contribution in [0.2, 0.25) is 10.0 Å². The summed E-state index contributed by atoms with van der Waals surface area (Å²) in [6.07, 6.45) is 2.85. The van der Waals surface area contributed by atoms with Crippen molar-refractivity contribution in [2.45, 2.75) is 0 Å². The largest absolute Gasteiger partial charge is 0.495 e. The van der Waals surface area contributed by atoms with Crippen LogP contribution in [0.15, 0.2) is 54.9 Å². The summed E-state index contributed by atoms with van der Waals surface area (Å²) in [4.78, 5) is 20.6. The number of amides is 1. The first-order valence-corrected chi connectivity index (χ1v) is 8.31. The topological polar surface area (TPSA) is 76.1 Å². The van der Waals surface area contributed by atoms with Gasteiger partial charge in [-0.05, 0) is 30.3 Å². The Bertz CT molecular complexity index is 933. The molecule has 0 aliphatic heterocycles. The first kappa shape index (κ1) is 18.0. The van der Waals surface area contributed by atoms with Crippen LogP contribution in [-0.4, -0.2) is 23.0 Å². The predicted octanol–water partition coefficient (Wildman–Crippen LogP) is 4.79. The van der Waals surface area contributed by atoms with Crippen LogP contribution in [0.3, 0.4) is 0 Å². The number of para-hydroxylation sites is 2. The van der Waals surface area contributed by atoms with Crippen LogP contribution >= 0.6 is 23.2 Å². The monoisotopic (exact) mass is 388 g/mol. The van der Waals surface area contributed by atoms with Crippen molar-refractivity contribution in [2.24, 2.45) is 0 Å². The Balaban J connectivity index is 1.70. The molecule has 8 heteroatoms. The van der Waals surface area contributed by atoms with Gasteiger partial charge in [0.2, 0.25) is 0 Å². The summed E-state index contributed by atoms with van der Waals surface area (Å²) in [6, 6.07) is 12.2. The van der Waals surface area contributed by atoms with E-state index in [2.05, 4.69) is 20.6 Å². The van der Waals surface area contributed by atoms with Gasteiger partial charge in [0, 0.05) is 5.69 Å². The second kappa shape index (κ2) is 8.03. The minimum absolute atomic E-state index is 0.168. The highest BCUT2D eigenvalue weighted by molar-refractivity contribution is 6.42. The van der Waals surface area contributed by atoms with Crippen LogP contribution in [0.4, 0.5) is 17.2 Å². The lowest BCUT2D eigenvalue weighted by atomic mass is 10.3. The minimum atomic E-state index is -0.403. The molecule has 0 unspecified atom stereocenters. The summed E-state index contributed by atoms with van der Waals surface area (Å²) in [5.41, 5.74) is 1.43. The summed E-state index contributed by atoms with van der Waals surface area (Å²) in [7, 11) is 1.59. The molecule has 0 aliphatic rings. The van der Waals surface area contributed by atoms with E-state index in [1.807, 2.05) is 24.3 Å². The Morgan fingerprint density at radius 3 is 2.54 bits per heavy atom. The molecule has 26 heavy (non-hydrogen) atoms. The smallest absolute Gasteiger partial charge is 0.275 e. The van der Waals surface area contributed by atoms with Crippen LogP contribution in [0.1, 0.15) is 10.5 Å². The van der Waals surface area contributed by atoms with Crippen LogP contribution in [0.5, 0.6) is 5.75 Å². The van der Waals surface area contributed by atoms with Crippen LogP contribution < -0.4 is 15.4 Å². The summed E-state index contributed by atoms with van der Waals surface area (Å²) in [6.45, 7) is 0. The first-order valence-electron chi connectivity index (χ1n) is 7.55. The number of nitrogens with zero attached hydrogens (tertiary/aromatic N) is 2. The fourth-order valence-electron chi connectivity index (χ4n) is 2.16. The second-order valence-corrected chi connectivity index (χ2v) is 6.01. The van der Waals surface area contributed by atoms with Crippen molar-refractivity contribution >= 4 is 46.3 Å². The number of hydrogen-bond donors (Lipinski definition) is 2. The van der Waals surface area contributed by atoms with E-state index in [9.17, 15) is 4.79 Å². The summed E-state index contributed by atoms with van der Waals surface area (Å²) >= 11 is 11.8. The predicted molar refractivity (Wildman–Crippen MR) is 103 cm³/mol. The SMILES string of the molecule is COc1ccccc1Nc1cnc(C(=O)Nc2ccc(Cl)c(Cl)c2)cn1. The van der Waals surface area contributed by atoms with Crippen molar-refractivity contribution < 1.29 is 9.53 Å². The Labute approximate surface area is 160 Å². The molecule has 132 valence electrons. The van der Waals surface area contributed by atoms with E-state index >= 15 is 0 Å². The average molecular weight is 389 g/mol. The lowest BCUT2D eigenvalue weighted by molar-refractivity contribution is 0.102. The van der Waals surface area contributed by atoms with Crippen molar-refractivity contribution in [1.29, 1.82) is 0 Å². The molecule has 1 aromatic heterocycles. The van der Waals surface area contributed by atoms with E-state index in [1.165, 1.54) is 12.4 Å². The third-order valence-electron chi connectivity index (χ3n) is 3.43. The number of anilines is 3. The number of hydrogen-bond acceptors (Lipinski definition) is 5. The van der Waals surface area contributed by atoms with Gasteiger partial charge in [0.05, 0.1) is 35.2 Å². The third kappa shape index (κ3) is 4.22. The minimum Gasteiger partial charge on any atom is -0.495 e. The Morgan fingerprint density at radius 1 is 1.04 bits per heavy atom. The van der Waals surface area contributed by atoms with E-state index in [1.54, 1.807) is 25.3 Å². The van der Waals surface area contributed by atoms with Gasteiger partial charge in [-0.3, -0.25) is 4.79 Å².